The number of aromatic hydroxyl groups is 1. The molecule has 1 aliphatic heterocycles. The molecular weight excluding hydrogens is 238 g/mol. The van der Waals surface area contributed by atoms with Crippen molar-refractivity contribution in [3.05, 3.63) is 53.9 Å². The molecule has 0 saturated heterocycles. The third kappa shape index (κ3) is 2.28. The summed E-state index contributed by atoms with van der Waals surface area (Å²) >= 11 is 0. The van der Waals surface area contributed by atoms with E-state index in [4.69, 9.17) is 4.74 Å². The average Bonchev–Trinajstić information content (AvgIpc) is 2.37. The fourth-order valence-electron chi connectivity index (χ4n) is 2.72. The summed E-state index contributed by atoms with van der Waals surface area (Å²) in [7, 11) is 0. The summed E-state index contributed by atoms with van der Waals surface area (Å²) < 4.78 is 5.97. The summed E-state index contributed by atoms with van der Waals surface area (Å²) in [6.07, 6.45) is 4.59. The van der Waals surface area contributed by atoms with Crippen molar-refractivity contribution >= 4 is 0 Å². The Morgan fingerprint density at radius 3 is 2.89 bits per heavy atom. The second-order valence-electron chi connectivity index (χ2n) is 5.63. The Labute approximate surface area is 112 Å². The van der Waals surface area contributed by atoms with Crippen LogP contribution in [0.1, 0.15) is 37.3 Å². The molecule has 1 N–H and O–H groups in total. The number of aromatic nitrogens is 1. The number of rotatable bonds is 1. The van der Waals surface area contributed by atoms with Gasteiger partial charge in [0.25, 0.3) is 0 Å². The van der Waals surface area contributed by atoms with Crippen LogP contribution in [0.3, 0.4) is 0 Å². The highest BCUT2D eigenvalue weighted by Crippen LogP contribution is 2.44. The summed E-state index contributed by atoms with van der Waals surface area (Å²) in [5.74, 6) is 1.26. The smallest absolute Gasteiger partial charge is 0.127 e. The van der Waals surface area contributed by atoms with Crippen LogP contribution in [-0.4, -0.2) is 15.7 Å². The van der Waals surface area contributed by atoms with Crippen LogP contribution in [0, 0.1) is 0 Å². The summed E-state index contributed by atoms with van der Waals surface area (Å²) in [4.78, 5) is 4.21. The summed E-state index contributed by atoms with van der Waals surface area (Å²) in [6.45, 7) is 4.15. The second-order valence-corrected chi connectivity index (χ2v) is 5.63. The van der Waals surface area contributed by atoms with E-state index >= 15 is 0 Å². The first-order valence-electron chi connectivity index (χ1n) is 6.47. The zero-order valence-electron chi connectivity index (χ0n) is 11.1. The Bertz CT molecular complexity index is 593. The minimum atomic E-state index is -0.249. The Morgan fingerprint density at radius 1 is 1.32 bits per heavy atom. The molecule has 1 atom stereocenters. The van der Waals surface area contributed by atoms with E-state index in [0.29, 0.717) is 0 Å². The quantitative estimate of drug-likeness (QED) is 0.848. The molecule has 3 rings (SSSR count). The number of nitrogens with zero attached hydrogens (tertiary/aromatic N) is 1. The van der Waals surface area contributed by atoms with Crippen molar-refractivity contribution in [1.82, 2.24) is 4.98 Å². The minimum Gasteiger partial charge on any atom is -0.508 e. The van der Waals surface area contributed by atoms with Gasteiger partial charge in [0.15, 0.2) is 0 Å². The zero-order valence-corrected chi connectivity index (χ0v) is 11.1. The van der Waals surface area contributed by atoms with Crippen LogP contribution in [0.15, 0.2) is 42.7 Å². The van der Waals surface area contributed by atoms with Gasteiger partial charge in [0.2, 0.25) is 0 Å². The number of hydrogen-bond donors (Lipinski definition) is 1. The Morgan fingerprint density at radius 2 is 2.16 bits per heavy atom. The number of phenolic OH excluding ortho intramolecular Hbond substituents is 1. The fraction of sp³-hybridized carbons (Fsp3) is 0.312. The first-order valence-corrected chi connectivity index (χ1v) is 6.47. The molecule has 3 nitrogen and oxygen atoms in total. The van der Waals surface area contributed by atoms with E-state index in [-0.39, 0.29) is 17.3 Å². The highest BCUT2D eigenvalue weighted by Gasteiger charge is 2.34. The standard InChI is InChI=1S/C16H17NO2/c1-16(2)9-14(11-4-3-7-17-10-11)13-6-5-12(18)8-15(13)19-16/h3-8,10,14,18H,9H2,1-2H3. The third-order valence-electron chi connectivity index (χ3n) is 3.54. The number of pyridine rings is 1. The van der Waals surface area contributed by atoms with Gasteiger partial charge in [-0.25, -0.2) is 0 Å². The van der Waals surface area contributed by atoms with Crippen LogP contribution in [-0.2, 0) is 0 Å². The normalized spacial score (nSPS) is 20.4. The predicted octanol–water partition coefficient (Wildman–Crippen LogP) is 3.48. The summed E-state index contributed by atoms with van der Waals surface area (Å²) in [6, 6.07) is 9.40. The Hall–Kier alpha value is -2.03. The summed E-state index contributed by atoms with van der Waals surface area (Å²) in [5.41, 5.74) is 2.05. The molecule has 1 aliphatic rings. The molecule has 0 amide bonds. The van der Waals surface area contributed by atoms with E-state index in [1.165, 1.54) is 5.56 Å². The summed E-state index contributed by atoms with van der Waals surface area (Å²) in [5, 5.41) is 9.62. The zero-order chi connectivity index (χ0) is 13.5. The van der Waals surface area contributed by atoms with E-state index in [2.05, 4.69) is 24.9 Å². The minimum absolute atomic E-state index is 0.237. The molecule has 0 spiro atoms. The largest absolute Gasteiger partial charge is 0.508 e. The molecule has 0 fully saturated rings. The van der Waals surface area contributed by atoms with Crippen LogP contribution < -0.4 is 4.74 Å². The van der Waals surface area contributed by atoms with E-state index in [9.17, 15) is 5.11 Å². The van der Waals surface area contributed by atoms with Gasteiger partial charge in [-0.15, -0.1) is 0 Å². The maximum absolute atomic E-state index is 9.62. The van der Waals surface area contributed by atoms with E-state index in [1.807, 2.05) is 18.3 Å². The number of phenols is 1. The Kier molecular flexibility index (Phi) is 2.70. The van der Waals surface area contributed by atoms with Gasteiger partial charge in [0.05, 0.1) is 0 Å². The molecule has 1 aromatic carbocycles. The first-order chi connectivity index (χ1) is 9.05. The molecule has 2 heterocycles. The molecule has 0 aliphatic carbocycles. The molecular formula is C16H17NO2. The van der Waals surface area contributed by atoms with Gasteiger partial charge >= 0.3 is 0 Å². The molecule has 0 bridgehead atoms. The Balaban J connectivity index is 2.11. The second kappa shape index (κ2) is 4.26. The third-order valence-corrected chi connectivity index (χ3v) is 3.54. The molecule has 0 saturated carbocycles. The van der Waals surface area contributed by atoms with Crippen molar-refractivity contribution in [3.63, 3.8) is 0 Å². The first kappa shape index (κ1) is 12.0. The molecule has 2 aromatic rings. The van der Waals surface area contributed by atoms with Crippen molar-refractivity contribution in [2.24, 2.45) is 0 Å². The number of fused-ring (bicyclic) bond motifs is 1. The molecule has 1 aromatic heterocycles. The lowest BCUT2D eigenvalue weighted by molar-refractivity contribution is 0.0771. The molecule has 19 heavy (non-hydrogen) atoms. The highest BCUT2D eigenvalue weighted by atomic mass is 16.5. The van der Waals surface area contributed by atoms with Gasteiger partial charge in [-0.1, -0.05) is 12.1 Å². The lowest BCUT2D eigenvalue weighted by Gasteiger charge is -2.37. The van der Waals surface area contributed by atoms with Crippen molar-refractivity contribution in [3.8, 4) is 11.5 Å². The van der Waals surface area contributed by atoms with Gasteiger partial charge in [-0.05, 0) is 38.0 Å². The highest BCUT2D eigenvalue weighted by molar-refractivity contribution is 5.47. The van der Waals surface area contributed by atoms with Gasteiger partial charge in [0.1, 0.15) is 17.1 Å². The maximum atomic E-state index is 9.62. The van der Waals surface area contributed by atoms with Crippen molar-refractivity contribution in [2.45, 2.75) is 31.8 Å². The van der Waals surface area contributed by atoms with Crippen LogP contribution in [0.25, 0.3) is 0 Å². The number of benzene rings is 1. The van der Waals surface area contributed by atoms with Crippen LogP contribution in [0.2, 0.25) is 0 Å². The topological polar surface area (TPSA) is 42.4 Å². The average molecular weight is 255 g/mol. The fourth-order valence-corrected chi connectivity index (χ4v) is 2.72. The van der Waals surface area contributed by atoms with Crippen molar-refractivity contribution in [1.29, 1.82) is 0 Å². The van der Waals surface area contributed by atoms with Gasteiger partial charge in [0, 0.05) is 29.9 Å². The number of hydrogen-bond acceptors (Lipinski definition) is 3. The van der Waals surface area contributed by atoms with E-state index < -0.39 is 0 Å². The molecule has 98 valence electrons. The predicted molar refractivity (Wildman–Crippen MR) is 73.5 cm³/mol. The lowest BCUT2D eigenvalue weighted by atomic mass is 9.80. The van der Waals surface area contributed by atoms with Crippen LogP contribution >= 0.6 is 0 Å². The van der Waals surface area contributed by atoms with E-state index in [1.54, 1.807) is 18.3 Å². The van der Waals surface area contributed by atoms with Crippen LogP contribution in [0.4, 0.5) is 0 Å². The monoisotopic (exact) mass is 255 g/mol. The molecule has 1 unspecified atom stereocenters. The van der Waals surface area contributed by atoms with Gasteiger partial charge in [-0.3, -0.25) is 4.98 Å². The lowest BCUT2D eigenvalue weighted by Crippen LogP contribution is -2.35. The molecule has 3 heteroatoms. The van der Waals surface area contributed by atoms with Gasteiger partial charge < -0.3 is 9.84 Å². The molecule has 0 radical (unpaired) electrons. The van der Waals surface area contributed by atoms with E-state index in [0.717, 1.165) is 17.7 Å². The van der Waals surface area contributed by atoms with Crippen LogP contribution in [0.5, 0.6) is 11.5 Å². The SMILES string of the molecule is CC1(C)CC(c2cccnc2)c2ccc(O)cc2O1. The van der Waals surface area contributed by atoms with Crippen molar-refractivity contribution < 1.29 is 9.84 Å². The van der Waals surface area contributed by atoms with Crippen molar-refractivity contribution in [2.75, 3.05) is 0 Å². The van der Waals surface area contributed by atoms with Gasteiger partial charge in [-0.2, -0.15) is 0 Å². The maximum Gasteiger partial charge on any atom is 0.127 e. The number of ether oxygens (including phenoxy) is 1.